The van der Waals surface area contributed by atoms with E-state index in [4.69, 9.17) is 9.15 Å². The summed E-state index contributed by atoms with van der Waals surface area (Å²) in [5, 5.41) is 3.12. The van der Waals surface area contributed by atoms with Gasteiger partial charge in [-0.05, 0) is 30.9 Å². The lowest BCUT2D eigenvalue weighted by molar-refractivity contribution is 0.129. The van der Waals surface area contributed by atoms with Gasteiger partial charge in [-0.3, -0.25) is 0 Å². The third kappa shape index (κ3) is 5.78. The van der Waals surface area contributed by atoms with E-state index in [9.17, 15) is 8.42 Å². The molecule has 2 rings (SSSR count). The van der Waals surface area contributed by atoms with Gasteiger partial charge in [-0.15, -0.1) is 0 Å². The predicted molar refractivity (Wildman–Crippen MR) is 79.4 cm³/mol. The topological polar surface area (TPSA) is 80.6 Å². The monoisotopic (exact) mass is 316 g/mol. The maximum absolute atomic E-state index is 12.0. The first-order valence-corrected chi connectivity index (χ1v) is 8.85. The highest BCUT2D eigenvalue weighted by atomic mass is 32.2. The van der Waals surface area contributed by atoms with E-state index < -0.39 is 10.0 Å². The molecule has 1 saturated carbocycles. The van der Waals surface area contributed by atoms with Crippen molar-refractivity contribution in [2.45, 2.75) is 44.4 Å². The number of hydrogen-bond donors (Lipinski definition) is 2. The molecule has 0 amide bonds. The largest absolute Gasteiger partial charge is 0.447 e. The van der Waals surface area contributed by atoms with Gasteiger partial charge < -0.3 is 14.5 Å². The van der Waals surface area contributed by atoms with Crippen molar-refractivity contribution in [1.82, 2.24) is 10.0 Å². The number of hydrogen-bond acceptors (Lipinski definition) is 5. The molecule has 0 aromatic carbocycles. The fraction of sp³-hybridized carbons (Fsp3) is 0.714. The Morgan fingerprint density at radius 3 is 2.81 bits per heavy atom. The van der Waals surface area contributed by atoms with Gasteiger partial charge in [0, 0.05) is 19.2 Å². The molecule has 1 aromatic heterocycles. The van der Waals surface area contributed by atoms with Crippen LogP contribution in [-0.4, -0.2) is 34.2 Å². The molecule has 0 saturated heterocycles. The minimum absolute atomic E-state index is 0.0507. The minimum atomic E-state index is -3.59. The third-order valence-electron chi connectivity index (χ3n) is 3.18. The lowest BCUT2D eigenvalue weighted by Crippen LogP contribution is -2.27. The van der Waals surface area contributed by atoms with Gasteiger partial charge in [0.1, 0.15) is 5.76 Å². The van der Waals surface area contributed by atoms with Crippen LogP contribution >= 0.6 is 0 Å². The standard InChI is InChI=1S/C14H24N2O4S/c1-11(2)15-9-13-5-6-14(20-13)21(17,18)16-7-8-19-10-12-3-4-12/h5-6,11-12,15-16H,3-4,7-10H2,1-2H3. The average Bonchev–Trinajstić information content (AvgIpc) is 3.11. The molecule has 6 nitrogen and oxygen atoms in total. The second-order valence-corrected chi connectivity index (χ2v) is 7.37. The molecule has 0 atom stereocenters. The van der Waals surface area contributed by atoms with Gasteiger partial charge in [-0.1, -0.05) is 13.8 Å². The summed E-state index contributed by atoms with van der Waals surface area (Å²) in [6, 6.07) is 3.47. The summed E-state index contributed by atoms with van der Waals surface area (Å²) in [7, 11) is -3.59. The molecule has 7 heteroatoms. The van der Waals surface area contributed by atoms with Crippen LogP contribution in [0.1, 0.15) is 32.4 Å². The van der Waals surface area contributed by atoms with Crippen molar-refractivity contribution < 1.29 is 17.6 Å². The Kier molecular flexibility index (Phi) is 5.80. The Balaban J connectivity index is 1.75. The lowest BCUT2D eigenvalue weighted by atomic mass is 10.3. The van der Waals surface area contributed by atoms with E-state index in [0.717, 1.165) is 6.61 Å². The zero-order valence-electron chi connectivity index (χ0n) is 12.6. The minimum Gasteiger partial charge on any atom is -0.447 e. The van der Waals surface area contributed by atoms with Crippen molar-refractivity contribution in [2.75, 3.05) is 19.8 Å². The fourth-order valence-corrected chi connectivity index (χ4v) is 2.71. The van der Waals surface area contributed by atoms with Crippen molar-refractivity contribution in [3.8, 4) is 0 Å². The molecule has 21 heavy (non-hydrogen) atoms. The van der Waals surface area contributed by atoms with Crippen LogP contribution in [0.2, 0.25) is 0 Å². The summed E-state index contributed by atoms with van der Waals surface area (Å²) in [4.78, 5) is 0. The van der Waals surface area contributed by atoms with Crippen LogP contribution in [0.15, 0.2) is 21.6 Å². The van der Waals surface area contributed by atoms with Crippen molar-refractivity contribution in [3.63, 3.8) is 0 Å². The average molecular weight is 316 g/mol. The molecule has 0 unspecified atom stereocenters. The van der Waals surface area contributed by atoms with Crippen LogP contribution in [0.25, 0.3) is 0 Å². The maximum atomic E-state index is 12.0. The molecule has 1 fully saturated rings. The van der Waals surface area contributed by atoms with Crippen LogP contribution < -0.4 is 10.0 Å². The van der Waals surface area contributed by atoms with E-state index in [0.29, 0.717) is 30.9 Å². The van der Waals surface area contributed by atoms with Crippen molar-refractivity contribution in [3.05, 3.63) is 17.9 Å². The SMILES string of the molecule is CC(C)NCc1ccc(S(=O)(=O)NCCOCC2CC2)o1. The predicted octanol–water partition coefficient (Wildman–Crippen LogP) is 1.48. The number of ether oxygens (including phenoxy) is 1. The number of rotatable bonds is 10. The van der Waals surface area contributed by atoms with Gasteiger partial charge in [-0.2, -0.15) is 0 Å². The first-order chi connectivity index (χ1) is 9.97. The quantitative estimate of drug-likeness (QED) is 0.639. The number of sulfonamides is 1. The van der Waals surface area contributed by atoms with E-state index >= 15 is 0 Å². The molecule has 0 bridgehead atoms. The first-order valence-electron chi connectivity index (χ1n) is 7.37. The van der Waals surface area contributed by atoms with Gasteiger partial charge >= 0.3 is 0 Å². The fourth-order valence-electron chi connectivity index (χ4n) is 1.76. The van der Waals surface area contributed by atoms with Crippen LogP contribution in [0.3, 0.4) is 0 Å². The summed E-state index contributed by atoms with van der Waals surface area (Å²) in [6.45, 7) is 5.92. The Bertz CT molecular complexity index is 535. The number of nitrogens with one attached hydrogen (secondary N) is 2. The molecule has 1 aromatic rings. The molecular formula is C14H24N2O4S. The third-order valence-corrected chi connectivity index (χ3v) is 4.51. The van der Waals surface area contributed by atoms with Crippen molar-refractivity contribution in [1.29, 1.82) is 0 Å². The summed E-state index contributed by atoms with van der Waals surface area (Å²) in [6.07, 6.45) is 2.45. The Morgan fingerprint density at radius 1 is 1.38 bits per heavy atom. The molecule has 1 aliphatic carbocycles. The van der Waals surface area contributed by atoms with Gasteiger partial charge in [0.25, 0.3) is 10.0 Å². The molecule has 2 N–H and O–H groups in total. The molecule has 0 radical (unpaired) electrons. The summed E-state index contributed by atoms with van der Waals surface area (Å²) >= 11 is 0. The molecule has 0 aliphatic heterocycles. The Morgan fingerprint density at radius 2 is 2.14 bits per heavy atom. The van der Waals surface area contributed by atoms with Gasteiger partial charge in [0.15, 0.2) is 0 Å². The van der Waals surface area contributed by atoms with E-state index in [1.54, 1.807) is 6.07 Å². The van der Waals surface area contributed by atoms with E-state index in [-0.39, 0.29) is 11.6 Å². The van der Waals surface area contributed by atoms with E-state index in [2.05, 4.69) is 10.0 Å². The molecule has 120 valence electrons. The second-order valence-electron chi connectivity index (χ2n) is 5.67. The second kappa shape index (κ2) is 7.40. The molecular weight excluding hydrogens is 292 g/mol. The van der Waals surface area contributed by atoms with Crippen LogP contribution in [0.5, 0.6) is 0 Å². The highest BCUT2D eigenvalue weighted by molar-refractivity contribution is 7.89. The molecule has 0 spiro atoms. The lowest BCUT2D eigenvalue weighted by Gasteiger charge is -2.06. The van der Waals surface area contributed by atoms with Crippen LogP contribution in [0, 0.1) is 5.92 Å². The zero-order valence-corrected chi connectivity index (χ0v) is 13.4. The Hall–Kier alpha value is -0.890. The van der Waals surface area contributed by atoms with Gasteiger partial charge in [-0.25, -0.2) is 13.1 Å². The van der Waals surface area contributed by atoms with Gasteiger partial charge in [0.2, 0.25) is 5.09 Å². The molecule has 1 aliphatic rings. The first kappa shape index (κ1) is 16.5. The highest BCUT2D eigenvalue weighted by Gasteiger charge is 2.21. The van der Waals surface area contributed by atoms with Crippen LogP contribution in [-0.2, 0) is 21.3 Å². The molecule has 1 heterocycles. The smallest absolute Gasteiger partial charge is 0.274 e. The van der Waals surface area contributed by atoms with Crippen molar-refractivity contribution in [2.24, 2.45) is 5.92 Å². The highest BCUT2D eigenvalue weighted by Crippen LogP contribution is 2.28. The maximum Gasteiger partial charge on any atom is 0.274 e. The summed E-state index contributed by atoms with van der Waals surface area (Å²) in [5.74, 6) is 1.29. The Labute approximate surface area is 126 Å². The van der Waals surface area contributed by atoms with Gasteiger partial charge in [0.05, 0.1) is 13.2 Å². The number of furan rings is 1. The zero-order chi connectivity index (χ0) is 15.3. The summed E-state index contributed by atoms with van der Waals surface area (Å²) < 4.78 is 37.2. The van der Waals surface area contributed by atoms with Crippen LogP contribution in [0.4, 0.5) is 0 Å². The summed E-state index contributed by atoms with van der Waals surface area (Å²) in [5.41, 5.74) is 0. The van der Waals surface area contributed by atoms with E-state index in [1.807, 2.05) is 13.8 Å². The van der Waals surface area contributed by atoms with Crippen molar-refractivity contribution >= 4 is 10.0 Å². The normalized spacial score (nSPS) is 15.8. The van der Waals surface area contributed by atoms with E-state index in [1.165, 1.54) is 18.9 Å².